The Bertz CT molecular complexity index is 419. The molecule has 16 heavy (non-hydrogen) atoms. The Kier molecular flexibility index (Phi) is 3.36. The first kappa shape index (κ1) is 11.7. The molecule has 86 valence electrons. The fraction of sp³-hybridized carbons (Fsp3) is 0.417. The number of nitrogens with one attached hydrogen (secondary N) is 1. The summed E-state index contributed by atoms with van der Waals surface area (Å²) in [6.45, 7) is 3.23. The first-order valence-corrected chi connectivity index (χ1v) is 6.20. The fourth-order valence-corrected chi connectivity index (χ4v) is 2.15. The van der Waals surface area contributed by atoms with E-state index in [2.05, 4.69) is 12.2 Å². The van der Waals surface area contributed by atoms with Gasteiger partial charge in [0.2, 0.25) is 0 Å². The summed E-state index contributed by atoms with van der Waals surface area (Å²) in [6.07, 6.45) is 1.30. The maximum atomic E-state index is 5.96. The predicted octanol–water partition coefficient (Wildman–Crippen LogP) is 3.04. The Hall–Kier alpha value is -0.800. The molecule has 0 aliphatic heterocycles. The van der Waals surface area contributed by atoms with Crippen LogP contribution in [-0.2, 0) is 0 Å². The molecule has 0 amide bonds. The first-order valence-electron chi connectivity index (χ1n) is 5.41. The lowest BCUT2D eigenvalue weighted by atomic mass is 10.1. The van der Waals surface area contributed by atoms with Gasteiger partial charge in [0.15, 0.2) is 0 Å². The Balaban J connectivity index is 2.10. The molecule has 4 heteroatoms. The van der Waals surface area contributed by atoms with Crippen molar-refractivity contribution in [3.8, 4) is 0 Å². The molecule has 2 rings (SSSR count). The SMILES string of the molecule is CC1CC1CNc1cc(Cl)ccc1C(N)=S. The second kappa shape index (κ2) is 4.60. The van der Waals surface area contributed by atoms with Crippen LogP contribution in [0, 0.1) is 11.8 Å². The van der Waals surface area contributed by atoms with E-state index in [0.29, 0.717) is 10.0 Å². The summed E-state index contributed by atoms with van der Waals surface area (Å²) in [6, 6.07) is 5.55. The van der Waals surface area contributed by atoms with Gasteiger partial charge in [0.05, 0.1) is 0 Å². The summed E-state index contributed by atoms with van der Waals surface area (Å²) in [4.78, 5) is 0.406. The van der Waals surface area contributed by atoms with Crippen LogP contribution < -0.4 is 11.1 Å². The number of hydrogen-bond donors (Lipinski definition) is 2. The van der Waals surface area contributed by atoms with Crippen molar-refractivity contribution in [2.24, 2.45) is 17.6 Å². The summed E-state index contributed by atoms with van der Waals surface area (Å²) >= 11 is 11.0. The molecule has 0 saturated heterocycles. The Morgan fingerprint density at radius 1 is 1.62 bits per heavy atom. The number of nitrogens with two attached hydrogens (primary N) is 1. The van der Waals surface area contributed by atoms with E-state index in [-0.39, 0.29) is 0 Å². The fourth-order valence-electron chi connectivity index (χ4n) is 1.80. The van der Waals surface area contributed by atoms with E-state index in [0.717, 1.165) is 29.6 Å². The van der Waals surface area contributed by atoms with Gasteiger partial charge in [-0.2, -0.15) is 0 Å². The minimum absolute atomic E-state index is 0.406. The minimum Gasteiger partial charge on any atom is -0.389 e. The van der Waals surface area contributed by atoms with E-state index in [4.69, 9.17) is 29.6 Å². The Morgan fingerprint density at radius 3 is 2.88 bits per heavy atom. The second-order valence-corrected chi connectivity index (χ2v) is 5.28. The van der Waals surface area contributed by atoms with Crippen LogP contribution in [0.4, 0.5) is 5.69 Å². The molecule has 0 bridgehead atoms. The zero-order chi connectivity index (χ0) is 11.7. The number of halogens is 1. The van der Waals surface area contributed by atoms with Gasteiger partial charge in [0.1, 0.15) is 4.99 Å². The lowest BCUT2D eigenvalue weighted by molar-refractivity contribution is 0.787. The smallest absolute Gasteiger partial charge is 0.106 e. The topological polar surface area (TPSA) is 38.0 Å². The maximum Gasteiger partial charge on any atom is 0.106 e. The molecule has 1 aliphatic rings. The molecule has 2 atom stereocenters. The molecular weight excluding hydrogens is 240 g/mol. The summed E-state index contributed by atoms with van der Waals surface area (Å²) in [5.74, 6) is 1.61. The van der Waals surface area contributed by atoms with Gasteiger partial charge in [0.25, 0.3) is 0 Å². The number of benzene rings is 1. The molecule has 2 nitrogen and oxygen atoms in total. The molecule has 1 aromatic rings. The maximum absolute atomic E-state index is 5.96. The van der Waals surface area contributed by atoms with Crippen LogP contribution >= 0.6 is 23.8 Å². The highest BCUT2D eigenvalue weighted by atomic mass is 35.5. The van der Waals surface area contributed by atoms with Crippen molar-refractivity contribution in [2.75, 3.05) is 11.9 Å². The molecule has 0 heterocycles. The highest BCUT2D eigenvalue weighted by Gasteiger charge is 2.31. The third kappa shape index (κ3) is 2.66. The molecule has 1 aliphatic carbocycles. The van der Waals surface area contributed by atoms with Crippen molar-refractivity contribution < 1.29 is 0 Å². The molecule has 1 fully saturated rings. The average Bonchev–Trinajstić information content (AvgIpc) is 2.91. The molecule has 2 unspecified atom stereocenters. The van der Waals surface area contributed by atoms with E-state index in [1.165, 1.54) is 6.42 Å². The van der Waals surface area contributed by atoms with E-state index < -0.39 is 0 Å². The van der Waals surface area contributed by atoms with Crippen LogP contribution in [0.3, 0.4) is 0 Å². The van der Waals surface area contributed by atoms with Gasteiger partial charge in [-0.3, -0.25) is 0 Å². The van der Waals surface area contributed by atoms with Gasteiger partial charge in [-0.1, -0.05) is 30.7 Å². The molecule has 0 spiro atoms. The molecule has 3 N–H and O–H groups in total. The number of hydrogen-bond acceptors (Lipinski definition) is 2. The standard InChI is InChI=1S/C12H15ClN2S/c1-7-4-8(7)6-15-11-5-9(13)2-3-10(11)12(14)16/h2-3,5,7-8,15H,4,6H2,1H3,(H2,14,16). The van der Waals surface area contributed by atoms with E-state index in [9.17, 15) is 0 Å². The number of rotatable bonds is 4. The number of thiocarbonyl (C=S) groups is 1. The van der Waals surface area contributed by atoms with Crippen molar-refractivity contribution in [1.82, 2.24) is 0 Å². The molecule has 1 aromatic carbocycles. The minimum atomic E-state index is 0.406. The van der Waals surface area contributed by atoms with Gasteiger partial charge < -0.3 is 11.1 Å². The van der Waals surface area contributed by atoms with E-state index >= 15 is 0 Å². The zero-order valence-electron chi connectivity index (χ0n) is 9.16. The van der Waals surface area contributed by atoms with Crippen LogP contribution in [0.2, 0.25) is 5.02 Å². The van der Waals surface area contributed by atoms with E-state index in [1.807, 2.05) is 12.1 Å². The van der Waals surface area contributed by atoms with Gasteiger partial charge >= 0.3 is 0 Å². The molecular formula is C12H15ClN2S. The van der Waals surface area contributed by atoms with E-state index in [1.54, 1.807) is 6.07 Å². The number of anilines is 1. The normalized spacial score (nSPS) is 22.9. The van der Waals surface area contributed by atoms with Crippen LogP contribution in [0.1, 0.15) is 18.9 Å². The predicted molar refractivity (Wildman–Crippen MR) is 73.1 cm³/mol. The highest BCUT2D eigenvalue weighted by molar-refractivity contribution is 7.80. The van der Waals surface area contributed by atoms with Crippen LogP contribution in [0.15, 0.2) is 18.2 Å². The van der Waals surface area contributed by atoms with Gasteiger partial charge in [-0.25, -0.2) is 0 Å². The second-order valence-electron chi connectivity index (χ2n) is 4.41. The highest BCUT2D eigenvalue weighted by Crippen LogP contribution is 2.37. The summed E-state index contributed by atoms with van der Waals surface area (Å²) < 4.78 is 0. The van der Waals surface area contributed by atoms with Crippen LogP contribution in [0.25, 0.3) is 0 Å². The van der Waals surface area contributed by atoms with Crippen molar-refractivity contribution >= 4 is 34.5 Å². The van der Waals surface area contributed by atoms with Crippen LogP contribution in [0.5, 0.6) is 0 Å². The van der Waals surface area contributed by atoms with Gasteiger partial charge in [-0.15, -0.1) is 0 Å². The largest absolute Gasteiger partial charge is 0.389 e. The zero-order valence-corrected chi connectivity index (χ0v) is 10.7. The van der Waals surface area contributed by atoms with Crippen molar-refractivity contribution in [1.29, 1.82) is 0 Å². The van der Waals surface area contributed by atoms with Gasteiger partial charge in [-0.05, 0) is 36.5 Å². The molecule has 0 aromatic heterocycles. The molecule has 0 radical (unpaired) electrons. The van der Waals surface area contributed by atoms with Crippen molar-refractivity contribution in [2.45, 2.75) is 13.3 Å². The summed E-state index contributed by atoms with van der Waals surface area (Å²) in [5.41, 5.74) is 7.47. The summed E-state index contributed by atoms with van der Waals surface area (Å²) in [5, 5.41) is 4.08. The summed E-state index contributed by atoms with van der Waals surface area (Å²) in [7, 11) is 0. The lowest BCUT2D eigenvalue weighted by Crippen LogP contribution is -2.14. The Morgan fingerprint density at radius 2 is 2.31 bits per heavy atom. The third-order valence-electron chi connectivity index (χ3n) is 3.08. The van der Waals surface area contributed by atoms with Crippen LogP contribution in [-0.4, -0.2) is 11.5 Å². The van der Waals surface area contributed by atoms with Crippen molar-refractivity contribution in [3.05, 3.63) is 28.8 Å². The monoisotopic (exact) mass is 254 g/mol. The lowest BCUT2D eigenvalue weighted by Gasteiger charge is -2.11. The third-order valence-corrected chi connectivity index (χ3v) is 3.53. The molecule has 1 saturated carbocycles. The Labute approximate surface area is 106 Å². The first-order chi connectivity index (χ1) is 7.58. The quantitative estimate of drug-likeness (QED) is 0.812. The van der Waals surface area contributed by atoms with Crippen molar-refractivity contribution in [3.63, 3.8) is 0 Å². The average molecular weight is 255 g/mol. The van der Waals surface area contributed by atoms with Gasteiger partial charge in [0, 0.05) is 22.8 Å².